The fraction of sp³-hybridized carbons (Fsp3) is 0.0769. The molecule has 10 heteroatoms. The molecule has 0 saturated carbocycles. The van der Waals surface area contributed by atoms with Crippen molar-refractivity contribution in [3.05, 3.63) is 54.6 Å². The van der Waals surface area contributed by atoms with Crippen molar-refractivity contribution >= 4 is 7.82 Å². The molecule has 0 radical (unpaired) electrons. The van der Waals surface area contributed by atoms with E-state index in [1.54, 1.807) is 18.2 Å². The van der Waals surface area contributed by atoms with E-state index in [4.69, 9.17) is 9.05 Å². The van der Waals surface area contributed by atoms with Gasteiger partial charge in [0.1, 0.15) is 17.2 Å². The molecule has 1 unspecified atom stereocenters. The van der Waals surface area contributed by atoms with E-state index < -0.39 is 19.9 Å². The first-order valence-electron chi connectivity index (χ1n) is 5.86. The molecule has 0 spiro atoms. The van der Waals surface area contributed by atoms with Gasteiger partial charge in [0.2, 0.25) is 0 Å². The van der Waals surface area contributed by atoms with E-state index in [0.29, 0.717) is 0 Å². The van der Waals surface area contributed by atoms with Crippen molar-refractivity contribution < 1.29 is 41.1 Å². The molecule has 23 heavy (non-hydrogen) atoms. The largest absolute Gasteiger partial charge is 0.584 e. The number of ether oxygens (including phenoxy) is 1. The van der Waals surface area contributed by atoms with Gasteiger partial charge in [-0.1, -0.05) is 18.2 Å². The van der Waals surface area contributed by atoms with Gasteiger partial charge in [0.25, 0.3) is 0 Å². The Kier molecular flexibility index (Phi) is 6.00. The van der Waals surface area contributed by atoms with Gasteiger partial charge in [-0.3, -0.25) is 9.60 Å². The summed E-state index contributed by atoms with van der Waals surface area (Å²) in [5, 5.41) is 0. The van der Waals surface area contributed by atoms with Gasteiger partial charge in [0, 0.05) is 0 Å². The zero-order chi connectivity index (χ0) is 16.2. The lowest BCUT2D eigenvalue weighted by atomic mass is 10.3. The molecule has 0 aliphatic rings. The second-order valence-corrected chi connectivity index (χ2v) is 5.29. The van der Waals surface area contributed by atoms with Gasteiger partial charge < -0.3 is 13.8 Å². The van der Waals surface area contributed by atoms with Crippen LogP contribution in [0, 0.1) is 0 Å². The van der Waals surface area contributed by atoms with E-state index >= 15 is 0 Å². The summed E-state index contributed by atoms with van der Waals surface area (Å²) >= 11 is 0. The van der Waals surface area contributed by atoms with E-state index in [2.05, 4.69) is 4.74 Å². The van der Waals surface area contributed by atoms with Crippen LogP contribution in [0.15, 0.2) is 54.6 Å². The Morgan fingerprint density at radius 1 is 0.826 bits per heavy atom. The highest BCUT2D eigenvalue weighted by Crippen LogP contribution is 2.44. The van der Waals surface area contributed by atoms with Gasteiger partial charge in [-0.2, -0.15) is 0 Å². The van der Waals surface area contributed by atoms with E-state index in [1.807, 2.05) is 0 Å². The molecule has 1 N–H and O–H groups in total. The molecule has 0 aliphatic heterocycles. The van der Waals surface area contributed by atoms with Gasteiger partial charge in [0.05, 0.1) is 0 Å². The molecule has 1 atom stereocenters. The minimum absolute atomic E-state index is 0. The SMILES string of the molecule is F.O=P(O)(Oc1ccccc1)Oc1ccc(OC(F)(F)F)cc1. The van der Waals surface area contributed by atoms with E-state index in [9.17, 15) is 22.6 Å². The third kappa shape index (κ3) is 6.58. The standard InChI is InChI=1S/C13H10F3O5P.FH/c14-13(15,16)19-10-6-8-12(9-7-10)21-22(17,18)20-11-4-2-1-3-5-11;/h1-9H,(H,17,18);1H. The summed E-state index contributed by atoms with van der Waals surface area (Å²) in [7, 11) is -4.46. The number of hydrogen-bond donors (Lipinski definition) is 1. The molecule has 2 aromatic carbocycles. The van der Waals surface area contributed by atoms with Crippen LogP contribution in [0.2, 0.25) is 0 Å². The van der Waals surface area contributed by atoms with Crippen LogP contribution in [0.4, 0.5) is 17.9 Å². The highest BCUT2D eigenvalue weighted by atomic mass is 31.2. The molecule has 126 valence electrons. The van der Waals surface area contributed by atoms with Gasteiger partial charge in [-0.15, -0.1) is 13.2 Å². The second-order valence-electron chi connectivity index (χ2n) is 3.98. The predicted molar refractivity (Wildman–Crippen MR) is 73.2 cm³/mol. The molecular weight excluding hydrogens is 343 g/mol. The van der Waals surface area contributed by atoms with Crippen molar-refractivity contribution in [2.24, 2.45) is 0 Å². The predicted octanol–water partition coefficient (Wildman–Crippen LogP) is 4.30. The zero-order valence-corrected chi connectivity index (χ0v) is 12.2. The maximum Gasteiger partial charge on any atom is 0.584 e. The lowest BCUT2D eigenvalue weighted by molar-refractivity contribution is -0.274. The van der Waals surface area contributed by atoms with Crippen LogP contribution in [0.25, 0.3) is 0 Å². The summed E-state index contributed by atoms with van der Waals surface area (Å²) in [5.74, 6) is -0.502. The molecule has 0 aromatic heterocycles. The minimum atomic E-state index is -4.81. The molecule has 2 rings (SSSR count). The molecule has 0 aliphatic carbocycles. The van der Waals surface area contributed by atoms with E-state index in [0.717, 1.165) is 24.3 Å². The van der Waals surface area contributed by atoms with E-state index in [-0.39, 0.29) is 16.2 Å². The first-order valence-corrected chi connectivity index (χ1v) is 7.36. The number of benzene rings is 2. The van der Waals surface area contributed by atoms with Crippen LogP contribution < -0.4 is 13.8 Å². The van der Waals surface area contributed by atoms with Crippen molar-refractivity contribution in [1.29, 1.82) is 0 Å². The van der Waals surface area contributed by atoms with Crippen LogP contribution in [0.3, 0.4) is 0 Å². The highest BCUT2D eigenvalue weighted by Gasteiger charge is 2.31. The molecule has 5 nitrogen and oxygen atoms in total. The number of halogens is 4. The topological polar surface area (TPSA) is 65.0 Å². The van der Waals surface area contributed by atoms with Crippen molar-refractivity contribution in [3.8, 4) is 17.2 Å². The molecule has 0 amide bonds. The van der Waals surface area contributed by atoms with Gasteiger partial charge in [-0.25, -0.2) is 4.57 Å². The number of rotatable bonds is 5. The molecule has 0 heterocycles. The summed E-state index contributed by atoms with van der Waals surface area (Å²) in [6.45, 7) is 0. The van der Waals surface area contributed by atoms with Crippen molar-refractivity contribution in [3.63, 3.8) is 0 Å². The molecule has 0 fully saturated rings. The lowest BCUT2D eigenvalue weighted by Crippen LogP contribution is -2.16. The Labute approximate surface area is 128 Å². The summed E-state index contributed by atoms with van der Waals surface area (Å²) in [6, 6.07) is 11.8. The zero-order valence-electron chi connectivity index (χ0n) is 11.3. The van der Waals surface area contributed by atoms with Gasteiger partial charge in [-0.05, 0) is 36.4 Å². The monoisotopic (exact) mass is 354 g/mol. The number of para-hydroxylation sites is 1. The summed E-state index contributed by atoms with van der Waals surface area (Å²) < 4.78 is 61.0. The smallest absolute Gasteiger partial charge is 0.406 e. The summed E-state index contributed by atoms with van der Waals surface area (Å²) in [5.41, 5.74) is 0. The van der Waals surface area contributed by atoms with Gasteiger partial charge >= 0.3 is 14.2 Å². The third-order valence-corrected chi connectivity index (χ3v) is 3.13. The maximum absolute atomic E-state index is 12.0. The Balaban J connectivity index is 0.00000264. The number of phosphoric acid groups is 1. The fourth-order valence-electron chi connectivity index (χ4n) is 1.47. The lowest BCUT2D eigenvalue weighted by Gasteiger charge is -2.14. The van der Waals surface area contributed by atoms with Crippen LogP contribution >= 0.6 is 7.82 Å². The normalized spacial score (nSPS) is 13.4. The first-order chi connectivity index (χ1) is 10.2. The Hall–Kier alpha value is -2.25. The summed E-state index contributed by atoms with van der Waals surface area (Å²) in [6.07, 6.45) is -4.81. The maximum atomic E-state index is 12.0. The molecule has 0 bridgehead atoms. The van der Waals surface area contributed by atoms with Crippen molar-refractivity contribution in [2.45, 2.75) is 6.36 Å². The number of hydrogen-bond acceptors (Lipinski definition) is 4. The van der Waals surface area contributed by atoms with Crippen molar-refractivity contribution in [1.82, 2.24) is 0 Å². The quantitative estimate of drug-likeness (QED) is 0.641. The van der Waals surface area contributed by atoms with Crippen LogP contribution in [-0.4, -0.2) is 11.3 Å². The average molecular weight is 354 g/mol. The summed E-state index contributed by atoms with van der Waals surface area (Å²) in [4.78, 5) is 9.58. The first kappa shape index (κ1) is 18.8. The minimum Gasteiger partial charge on any atom is -0.406 e. The van der Waals surface area contributed by atoms with Crippen molar-refractivity contribution in [2.75, 3.05) is 0 Å². The molecular formula is C13H11F4O5P. The average Bonchev–Trinajstić information content (AvgIpc) is 2.39. The Morgan fingerprint density at radius 2 is 1.26 bits per heavy atom. The second kappa shape index (κ2) is 7.34. The van der Waals surface area contributed by atoms with Crippen LogP contribution in [0.1, 0.15) is 0 Å². The Bertz CT molecular complexity index is 660. The highest BCUT2D eigenvalue weighted by molar-refractivity contribution is 7.48. The van der Waals surface area contributed by atoms with Gasteiger partial charge in [0.15, 0.2) is 0 Å². The third-order valence-electron chi connectivity index (χ3n) is 2.24. The van der Waals surface area contributed by atoms with Crippen LogP contribution in [-0.2, 0) is 4.57 Å². The molecule has 0 saturated heterocycles. The number of alkyl halides is 3. The van der Waals surface area contributed by atoms with Crippen LogP contribution in [0.5, 0.6) is 17.2 Å². The number of phosphoric ester groups is 1. The fourth-order valence-corrected chi connectivity index (χ4v) is 2.28. The Morgan fingerprint density at radius 3 is 1.74 bits per heavy atom. The van der Waals surface area contributed by atoms with E-state index in [1.165, 1.54) is 12.1 Å². The molecule has 2 aromatic rings.